The molecule has 2 unspecified atom stereocenters. The van der Waals surface area contributed by atoms with Gasteiger partial charge in [0.2, 0.25) is 0 Å². The van der Waals surface area contributed by atoms with Crippen LogP contribution in [0.2, 0.25) is 0 Å². The number of hydrogen-bond donors (Lipinski definition) is 4. The molecule has 0 amide bonds. The second-order valence-corrected chi connectivity index (χ2v) is 7.87. The third kappa shape index (κ3) is 7.53. The number of hydrogen-bond acceptors (Lipinski definition) is 4. The van der Waals surface area contributed by atoms with E-state index < -0.39 is 0 Å². The molecule has 2 atom stereocenters. The van der Waals surface area contributed by atoms with Crippen LogP contribution < -0.4 is 22.9 Å². The minimum atomic E-state index is 0.572. The second kappa shape index (κ2) is 12.4. The summed E-state index contributed by atoms with van der Waals surface area (Å²) in [4.78, 5) is 0. The molecule has 0 heterocycles. The summed E-state index contributed by atoms with van der Waals surface area (Å²) in [6, 6.07) is 16.7. The van der Waals surface area contributed by atoms with Crippen LogP contribution in [0.25, 0.3) is 0 Å². The molecule has 0 aliphatic heterocycles. The Morgan fingerprint density at radius 1 is 0.500 bits per heavy atom. The standard InChI is InChI=1S/C24H38N4/c25-17-3-7-19(21-9-13-23(27)14-10-21)5-1-2-6-20(8-4-18-26)22-11-15-24(28)16-12-22/h9-16,19-20H,1-8,17-18,25-28H2. The average Bonchev–Trinajstić information content (AvgIpc) is 2.71. The molecule has 0 aliphatic rings. The van der Waals surface area contributed by atoms with Crippen LogP contribution in [0.5, 0.6) is 0 Å². The molecule has 2 aromatic carbocycles. The van der Waals surface area contributed by atoms with Crippen molar-refractivity contribution in [1.82, 2.24) is 0 Å². The summed E-state index contributed by atoms with van der Waals surface area (Å²) in [5.41, 5.74) is 27.6. The van der Waals surface area contributed by atoms with E-state index in [-0.39, 0.29) is 0 Å². The van der Waals surface area contributed by atoms with Crippen LogP contribution in [0.3, 0.4) is 0 Å². The lowest BCUT2D eigenvalue weighted by Crippen LogP contribution is -2.06. The molecule has 28 heavy (non-hydrogen) atoms. The van der Waals surface area contributed by atoms with Gasteiger partial charge in [-0.15, -0.1) is 0 Å². The van der Waals surface area contributed by atoms with Crippen LogP contribution in [0.1, 0.15) is 74.3 Å². The molecule has 154 valence electrons. The summed E-state index contributed by atoms with van der Waals surface area (Å²) in [5, 5.41) is 0. The van der Waals surface area contributed by atoms with Crippen molar-refractivity contribution in [3.63, 3.8) is 0 Å². The zero-order valence-corrected chi connectivity index (χ0v) is 17.2. The van der Waals surface area contributed by atoms with Crippen molar-refractivity contribution in [2.45, 2.75) is 63.2 Å². The molecule has 0 fully saturated rings. The summed E-state index contributed by atoms with van der Waals surface area (Å²) < 4.78 is 0. The van der Waals surface area contributed by atoms with Gasteiger partial charge in [0.1, 0.15) is 0 Å². The van der Waals surface area contributed by atoms with Crippen molar-refractivity contribution in [2.24, 2.45) is 11.5 Å². The van der Waals surface area contributed by atoms with Gasteiger partial charge < -0.3 is 22.9 Å². The Bertz CT molecular complexity index is 592. The highest BCUT2D eigenvalue weighted by Gasteiger charge is 2.14. The Kier molecular flexibility index (Phi) is 9.87. The Balaban J connectivity index is 1.89. The molecule has 0 aliphatic carbocycles. The highest BCUT2D eigenvalue weighted by molar-refractivity contribution is 5.41. The van der Waals surface area contributed by atoms with Crippen LogP contribution in [0, 0.1) is 0 Å². The number of nitrogen functional groups attached to an aromatic ring is 2. The van der Waals surface area contributed by atoms with Crippen molar-refractivity contribution >= 4 is 11.4 Å². The number of benzene rings is 2. The van der Waals surface area contributed by atoms with Gasteiger partial charge in [0.05, 0.1) is 0 Å². The van der Waals surface area contributed by atoms with Gasteiger partial charge in [-0.05, 0) is 98.8 Å². The molecule has 0 spiro atoms. The molecule has 0 radical (unpaired) electrons. The maximum absolute atomic E-state index is 5.85. The average molecular weight is 383 g/mol. The number of anilines is 2. The van der Waals surface area contributed by atoms with E-state index in [1.54, 1.807) is 0 Å². The van der Waals surface area contributed by atoms with Gasteiger partial charge in [0.25, 0.3) is 0 Å². The first-order valence-corrected chi connectivity index (χ1v) is 10.7. The lowest BCUT2D eigenvalue weighted by molar-refractivity contribution is 0.480. The van der Waals surface area contributed by atoms with E-state index >= 15 is 0 Å². The summed E-state index contributed by atoms with van der Waals surface area (Å²) in [6.07, 6.45) is 9.30. The highest BCUT2D eigenvalue weighted by atomic mass is 14.5. The van der Waals surface area contributed by atoms with E-state index in [1.807, 2.05) is 24.3 Å². The van der Waals surface area contributed by atoms with Gasteiger partial charge in [-0.1, -0.05) is 37.1 Å². The molecule has 0 bridgehead atoms. The minimum Gasteiger partial charge on any atom is -0.399 e. The zero-order valence-electron chi connectivity index (χ0n) is 17.2. The van der Waals surface area contributed by atoms with Crippen LogP contribution in [-0.4, -0.2) is 13.1 Å². The lowest BCUT2D eigenvalue weighted by Gasteiger charge is -2.20. The van der Waals surface area contributed by atoms with E-state index in [0.717, 1.165) is 50.1 Å². The molecule has 4 nitrogen and oxygen atoms in total. The van der Waals surface area contributed by atoms with E-state index in [0.29, 0.717) is 11.8 Å². The van der Waals surface area contributed by atoms with Crippen molar-refractivity contribution < 1.29 is 0 Å². The number of rotatable bonds is 13. The second-order valence-electron chi connectivity index (χ2n) is 7.87. The van der Waals surface area contributed by atoms with Gasteiger partial charge in [0.15, 0.2) is 0 Å². The number of nitrogens with two attached hydrogens (primary N) is 4. The fourth-order valence-corrected chi connectivity index (χ4v) is 4.00. The van der Waals surface area contributed by atoms with Crippen LogP contribution in [0.15, 0.2) is 48.5 Å². The maximum atomic E-state index is 5.85. The molecule has 0 aromatic heterocycles. The Hall–Kier alpha value is -2.04. The predicted octanol–water partition coefficient (Wildman–Crippen LogP) is 4.76. The summed E-state index contributed by atoms with van der Waals surface area (Å²) in [7, 11) is 0. The van der Waals surface area contributed by atoms with Crippen molar-refractivity contribution in [3.05, 3.63) is 59.7 Å². The molecule has 2 aromatic rings. The van der Waals surface area contributed by atoms with E-state index in [9.17, 15) is 0 Å². The fourth-order valence-electron chi connectivity index (χ4n) is 4.00. The van der Waals surface area contributed by atoms with Gasteiger partial charge in [-0.2, -0.15) is 0 Å². The van der Waals surface area contributed by atoms with Crippen molar-refractivity contribution in [2.75, 3.05) is 24.6 Å². The topological polar surface area (TPSA) is 104 Å². The molecule has 2 rings (SSSR count). The molecule has 0 saturated heterocycles. The van der Waals surface area contributed by atoms with Crippen molar-refractivity contribution in [3.8, 4) is 0 Å². The summed E-state index contributed by atoms with van der Waals surface area (Å²) in [6.45, 7) is 1.51. The number of unbranched alkanes of at least 4 members (excludes halogenated alkanes) is 1. The summed E-state index contributed by atoms with van der Waals surface area (Å²) in [5.74, 6) is 1.14. The molecule has 8 N–H and O–H groups in total. The third-order valence-corrected chi connectivity index (χ3v) is 5.68. The van der Waals surface area contributed by atoms with Gasteiger partial charge in [-0.25, -0.2) is 0 Å². The first-order chi connectivity index (χ1) is 13.6. The van der Waals surface area contributed by atoms with Crippen molar-refractivity contribution in [1.29, 1.82) is 0 Å². The maximum Gasteiger partial charge on any atom is 0.0314 e. The predicted molar refractivity (Wildman–Crippen MR) is 122 cm³/mol. The molecular weight excluding hydrogens is 344 g/mol. The van der Waals surface area contributed by atoms with E-state index in [1.165, 1.54) is 36.8 Å². The van der Waals surface area contributed by atoms with Crippen LogP contribution >= 0.6 is 0 Å². The molecule has 4 heteroatoms. The van der Waals surface area contributed by atoms with E-state index in [2.05, 4.69) is 24.3 Å². The monoisotopic (exact) mass is 382 g/mol. The molecule has 0 saturated carbocycles. The van der Waals surface area contributed by atoms with Gasteiger partial charge >= 0.3 is 0 Å². The fraction of sp³-hybridized carbons (Fsp3) is 0.500. The molecular formula is C24H38N4. The first-order valence-electron chi connectivity index (χ1n) is 10.7. The first kappa shape index (κ1) is 22.3. The summed E-state index contributed by atoms with van der Waals surface area (Å²) >= 11 is 0. The Morgan fingerprint density at radius 3 is 1.14 bits per heavy atom. The van der Waals surface area contributed by atoms with Gasteiger partial charge in [0, 0.05) is 11.4 Å². The quantitative estimate of drug-likeness (QED) is 0.296. The highest BCUT2D eigenvalue weighted by Crippen LogP contribution is 2.31. The van der Waals surface area contributed by atoms with Gasteiger partial charge in [-0.3, -0.25) is 0 Å². The zero-order chi connectivity index (χ0) is 20.2. The largest absolute Gasteiger partial charge is 0.399 e. The van der Waals surface area contributed by atoms with Crippen LogP contribution in [0.4, 0.5) is 11.4 Å². The van der Waals surface area contributed by atoms with Crippen LogP contribution in [-0.2, 0) is 0 Å². The normalized spacial score (nSPS) is 13.4. The van der Waals surface area contributed by atoms with E-state index in [4.69, 9.17) is 22.9 Å². The Labute approximate surface area is 170 Å². The third-order valence-electron chi connectivity index (χ3n) is 5.68. The smallest absolute Gasteiger partial charge is 0.0314 e. The SMILES string of the molecule is NCCCC(CCCCC(CCCN)c1ccc(N)cc1)c1ccc(N)cc1. The Morgan fingerprint density at radius 2 is 0.821 bits per heavy atom. The minimum absolute atomic E-state index is 0.572. The lowest BCUT2D eigenvalue weighted by atomic mass is 9.86.